The number of carboxylic acid groups (broad SMARTS) is 3. The third-order valence-electron chi connectivity index (χ3n) is 14.0. The van der Waals surface area contributed by atoms with E-state index in [0.717, 1.165) is 18.1 Å². The zero-order valence-corrected chi connectivity index (χ0v) is 52.1. The number of amides is 4. The molecule has 3 atom stereocenters. The van der Waals surface area contributed by atoms with E-state index in [-0.39, 0.29) is 144 Å². The number of hydrogen-bond acceptors (Lipinski definition) is 19. The fourth-order valence-corrected chi connectivity index (χ4v) is 12.2. The SMILES string of the molecule is CC[C@H](NC(=O)CN1CCN(CC(=O)O)CCN(CC(=O)O)CCN(CC(=O)O)CC1)C(=O)N[C@@H](CS(=O)(=O)O)C(=O)NCCCn1cc(C(=O)NC[C@H](NS(=O)(=O)c2c(C)cc(C)cc2C)C(C)=O)c(=O)c2ccc(CNCc3ncc[nH]3)cc21.[Lu+3]. The van der Waals surface area contributed by atoms with E-state index in [1.165, 1.54) is 19.2 Å². The molecule has 1 aliphatic heterocycles. The summed E-state index contributed by atoms with van der Waals surface area (Å²) in [5, 5.41) is 41.9. The van der Waals surface area contributed by atoms with Crippen LogP contribution in [0.5, 0.6) is 0 Å². The summed E-state index contributed by atoms with van der Waals surface area (Å²) in [6, 6.07) is 3.62. The van der Waals surface area contributed by atoms with Crippen LogP contribution in [0, 0.1) is 57.6 Å². The van der Waals surface area contributed by atoms with Crippen molar-refractivity contribution in [3.8, 4) is 0 Å². The van der Waals surface area contributed by atoms with Gasteiger partial charge in [0.1, 0.15) is 35.0 Å². The van der Waals surface area contributed by atoms with Crippen molar-refractivity contribution in [1.29, 1.82) is 0 Å². The van der Waals surface area contributed by atoms with Crippen LogP contribution in [0.15, 0.2) is 58.6 Å². The summed E-state index contributed by atoms with van der Waals surface area (Å²) in [7, 11) is -9.21. The number of carboxylic acids is 3. The summed E-state index contributed by atoms with van der Waals surface area (Å²) in [5.74, 6) is -8.31. The molecule has 1 aliphatic rings. The first-order chi connectivity index (χ1) is 40.5. The molecular weight excluding hydrogens is 1340 g/mol. The zero-order chi connectivity index (χ0) is 63.5. The van der Waals surface area contributed by atoms with Crippen molar-refractivity contribution in [2.75, 3.05) is 97.4 Å². The van der Waals surface area contributed by atoms with Crippen molar-refractivity contribution in [2.45, 2.75) is 90.1 Å². The standard InChI is InChI=1S/C54H77N13O17S2.Lu/c1-6-41(60-46(69)29-63-14-16-64(30-47(70)71)18-20-66(32-49(74)75)21-19-65(17-15-63)31-48(72)73)54(79)61-43(33-85(80,81)82)53(78)58-10-7-13-67-28-40(50(76)39-9-8-38(24-44(39)67)25-55-27-45-56-11-12-57-45)52(77)59-26-42(37(5)68)62-86(83,84)51-35(3)22-34(2)23-36(51)4;/h8-9,11-12,22-24,28,41-43,55,62H,6-7,10,13-21,25-27,29-33H2,1-5H3,(H,56,57)(H,58,78)(H,59,77)(H,60,69)(H,61,79)(H,70,71)(H,72,73)(H,74,75)(H,80,81,82);/q;+3/t41-,42-,43-;/m0./s1. The molecule has 87 heavy (non-hydrogen) atoms. The number of aromatic nitrogens is 3. The number of pyridine rings is 1. The molecule has 484 valence electrons. The predicted molar refractivity (Wildman–Crippen MR) is 312 cm³/mol. The van der Waals surface area contributed by atoms with Gasteiger partial charge >= 0.3 is 54.8 Å². The molecule has 4 amide bonds. The first kappa shape index (κ1) is 73.1. The summed E-state index contributed by atoms with van der Waals surface area (Å²) >= 11 is 0. The molecule has 2 aromatic carbocycles. The number of fused-ring (bicyclic) bond motifs is 1. The van der Waals surface area contributed by atoms with Crippen LogP contribution in [0.25, 0.3) is 10.9 Å². The van der Waals surface area contributed by atoms with Gasteiger partial charge in [-0.15, -0.1) is 0 Å². The van der Waals surface area contributed by atoms with Gasteiger partial charge in [-0.3, -0.25) is 67.3 Å². The second-order valence-corrected chi connectivity index (χ2v) is 24.2. The molecule has 2 aromatic heterocycles. The maximum absolute atomic E-state index is 14.1. The Morgan fingerprint density at radius 2 is 1.26 bits per heavy atom. The van der Waals surface area contributed by atoms with E-state index in [0.29, 0.717) is 35.6 Å². The molecule has 0 saturated carbocycles. The number of aryl methyl sites for hydroxylation is 4. The van der Waals surface area contributed by atoms with E-state index in [9.17, 15) is 79.9 Å². The number of imidazole rings is 1. The van der Waals surface area contributed by atoms with Crippen LogP contribution in [-0.4, -0.2) is 234 Å². The van der Waals surface area contributed by atoms with Crippen LogP contribution in [0.1, 0.15) is 65.1 Å². The minimum absolute atomic E-state index is 0. The molecule has 3 heterocycles. The minimum atomic E-state index is -4.93. The van der Waals surface area contributed by atoms with Gasteiger partial charge < -0.3 is 51.5 Å². The number of carbonyl (C=O) groups is 8. The van der Waals surface area contributed by atoms with Gasteiger partial charge in [0.15, 0.2) is 0 Å². The number of carbonyl (C=O) groups excluding carboxylic acids is 5. The van der Waals surface area contributed by atoms with Crippen LogP contribution in [0.2, 0.25) is 0 Å². The zero-order valence-electron chi connectivity index (χ0n) is 48.8. The minimum Gasteiger partial charge on any atom is -0.480 e. The molecule has 0 bridgehead atoms. The van der Waals surface area contributed by atoms with Crippen molar-refractivity contribution in [2.24, 2.45) is 0 Å². The average Bonchev–Trinajstić information content (AvgIpc) is 3.40. The largest absolute Gasteiger partial charge is 3.00 e. The number of ketones is 1. The van der Waals surface area contributed by atoms with Crippen molar-refractivity contribution < 1.29 is 112 Å². The van der Waals surface area contributed by atoms with E-state index in [1.54, 1.807) is 74.7 Å². The molecular formula is C54H77LuN13O17S2+3. The molecule has 4 aromatic rings. The fraction of sp³-hybridized carbons (Fsp3) is 0.519. The quantitative estimate of drug-likeness (QED) is 0.0196. The topological polar surface area (TPSA) is 422 Å². The molecule has 5 rings (SSSR count). The van der Waals surface area contributed by atoms with Crippen LogP contribution < -0.4 is 36.7 Å². The normalized spacial score (nSPS) is 15.4. The molecule has 0 aliphatic carbocycles. The number of aromatic amines is 1. The van der Waals surface area contributed by atoms with Crippen LogP contribution in [-0.2, 0) is 73.3 Å². The Morgan fingerprint density at radius 1 is 0.713 bits per heavy atom. The maximum atomic E-state index is 14.1. The number of hydrogen-bond donors (Lipinski definition) is 11. The van der Waals surface area contributed by atoms with E-state index >= 15 is 0 Å². The van der Waals surface area contributed by atoms with Gasteiger partial charge in [-0.25, -0.2) is 13.4 Å². The van der Waals surface area contributed by atoms with Gasteiger partial charge in [0.05, 0.1) is 49.2 Å². The maximum Gasteiger partial charge on any atom is 3.00 e. The molecule has 1 saturated heterocycles. The number of rotatable bonds is 30. The number of H-pyrrole nitrogens is 1. The summed E-state index contributed by atoms with van der Waals surface area (Å²) in [4.78, 5) is 130. The van der Waals surface area contributed by atoms with Crippen LogP contribution >= 0.6 is 0 Å². The number of benzene rings is 2. The molecule has 11 N–H and O–H groups in total. The van der Waals surface area contributed by atoms with E-state index in [4.69, 9.17) is 0 Å². The Kier molecular flexibility index (Phi) is 28.9. The number of nitrogens with zero attached hydrogens (tertiary/aromatic N) is 6. The van der Waals surface area contributed by atoms with Crippen molar-refractivity contribution >= 4 is 78.4 Å². The molecule has 30 nitrogen and oxygen atoms in total. The van der Waals surface area contributed by atoms with Gasteiger partial charge in [-0.05, 0) is 69.4 Å². The summed E-state index contributed by atoms with van der Waals surface area (Å²) in [5.41, 5.74) is 1.75. The van der Waals surface area contributed by atoms with E-state index < -0.39 is 116 Å². The predicted octanol–water partition coefficient (Wildman–Crippen LogP) is -2.15. The third-order valence-corrected chi connectivity index (χ3v) is 16.5. The van der Waals surface area contributed by atoms with Gasteiger partial charge in [-0.2, -0.15) is 13.1 Å². The van der Waals surface area contributed by atoms with Gasteiger partial charge in [0.2, 0.25) is 33.2 Å². The molecule has 1 fully saturated rings. The summed E-state index contributed by atoms with van der Waals surface area (Å²) in [6.45, 7) is 7.11. The second-order valence-electron chi connectivity index (χ2n) is 21.0. The Hall–Kier alpha value is -6.33. The Morgan fingerprint density at radius 3 is 1.76 bits per heavy atom. The van der Waals surface area contributed by atoms with Gasteiger partial charge in [0, 0.05) is 103 Å². The number of sulfonamides is 1. The summed E-state index contributed by atoms with van der Waals surface area (Å²) < 4.78 is 65.5. The molecule has 0 spiro atoms. The number of Topliss-reactive ketones (excluding diaryl/α,β-unsaturated/α-hetero) is 1. The average molecular weight is 1420 g/mol. The number of aliphatic carboxylic acids is 3. The van der Waals surface area contributed by atoms with Crippen LogP contribution in [0.4, 0.5) is 0 Å². The first-order valence-electron chi connectivity index (χ1n) is 27.6. The van der Waals surface area contributed by atoms with Crippen molar-refractivity contribution in [3.05, 3.63) is 92.8 Å². The smallest absolute Gasteiger partial charge is 0.480 e. The van der Waals surface area contributed by atoms with Gasteiger partial charge in [0.25, 0.3) is 16.0 Å². The Bertz CT molecular complexity index is 3330. The Balaban J connectivity index is 0.0000162. The number of nitrogens with one attached hydrogen (secondary N) is 7. The molecule has 0 unspecified atom stereocenters. The third kappa shape index (κ3) is 23.9. The van der Waals surface area contributed by atoms with Gasteiger partial charge in [-0.1, -0.05) is 30.7 Å². The second kappa shape index (κ2) is 34.4. The fourth-order valence-electron chi connectivity index (χ4n) is 9.84. The monoisotopic (exact) mass is 1420 g/mol. The van der Waals surface area contributed by atoms with Crippen molar-refractivity contribution in [1.82, 2.24) is 65.4 Å². The van der Waals surface area contributed by atoms with Crippen LogP contribution in [0.3, 0.4) is 0 Å². The summed E-state index contributed by atoms with van der Waals surface area (Å²) in [6.07, 6.45) is 4.53. The Labute approximate surface area is 532 Å². The van der Waals surface area contributed by atoms with E-state index in [2.05, 4.69) is 41.3 Å². The van der Waals surface area contributed by atoms with E-state index in [1.807, 2.05) is 6.92 Å². The van der Waals surface area contributed by atoms with Crippen molar-refractivity contribution in [3.63, 3.8) is 0 Å². The first-order valence-corrected chi connectivity index (χ1v) is 30.7. The molecule has 0 radical (unpaired) electrons. The molecule has 33 heteroatoms.